The molecule has 1 aromatic heterocycles. The predicted molar refractivity (Wildman–Crippen MR) is 86.8 cm³/mol. The number of nitro groups is 1. The minimum absolute atomic E-state index is 0.0223. The number of nitrogens with one attached hydrogen (secondary N) is 1. The van der Waals surface area contributed by atoms with Gasteiger partial charge < -0.3 is 14.6 Å². The van der Waals surface area contributed by atoms with E-state index in [0.29, 0.717) is 10.0 Å². The van der Waals surface area contributed by atoms with Crippen molar-refractivity contribution in [3.8, 4) is 5.75 Å². The zero-order chi connectivity index (χ0) is 17.5. The molecule has 10 heteroatoms. The highest BCUT2D eigenvalue weighted by Gasteiger charge is 2.13. The molecule has 24 heavy (non-hydrogen) atoms. The van der Waals surface area contributed by atoms with Crippen molar-refractivity contribution in [1.29, 1.82) is 0 Å². The molecule has 1 N–H and O–H groups in total. The Morgan fingerprint density at radius 1 is 1.46 bits per heavy atom. The molecule has 0 atom stereocenters. The Kier molecular flexibility index (Phi) is 5.79. The molecule has 9 nitrogen and oxygen atoms in total. The number of ether oxygens (including phenoxy) is 1. The van der Waals surface area contributed by atoms with Crippen LogP contribution in [-0.4, -0.2) is 28.7 Å². The number of benzene rings is 1. The van der Waals surface area contributed by atoms with Gasteiger partial charge in [0.05, 0.1) is 17.1 Å². The summed E-state index contributed by atoms with van der Waals surface area (Å²) in [5, 5.41) is 25.3. The van der Waals surface area contributed by atoms with E-state index < -0.39 is 17.5 Å². The van der Waals surface area contributed by atoms with E-state index in [4.69, 9.17) is 4.74 Å². The first-order chi connectivity index (χ1) is 11.5. The van der Waals surface area contributed by atoms with Gasteiger partial charge in [-0.2, -0.15) is 5.10 Å². The van der Waals surface area contributed by atoms with Crippen LogP contribution in [0.1, 0.15) is 5.56 Å². The van der Waals surface area contributed by atoms with Gasteiger partial charge in [0.2, 0.25) is 5.82 Å². The van der Waals surface area contributed by atoms with Crippen molar-refractivity contribution in [2.45, 2.75) is 0 Å². The van der Waals surface area contributed by atoms with Crippen molar-refractivity contribution < 1.29 is 19.6 Å². The van der Waals surface area contributed by atoms with E-state index in [-0.39, 0.29) is 17.3 Å². The minimum atomic E-state index is -1.36. The third-order valence-electron chi connectivity index (χ3n) is 2.67. The quantitative estimate of drug-likeness (QED) is 0.426. The third kappa shape index (κ3) is 4.74. The summed E-state index contributed by atoms with van der Waals surface area (Å²) in [7, 11) is 0. The first-order valence-electron chi connectivity index (χ1n) is 6.48. The molecular formula is C14H10BrN4O5-. The van der Waals surface area contributed by atoms with Gasteiger partial charge in [0, 0.05) is 22.3 Å². The summed E-state index contributed by atoms with van der Waals surface area (Å²) >= 11 is 3.28. The average Bonchev–Trinajstić information content (AvgIpc) is 2.54. The van der Waals surface area contributed by atoms with Crippen LogP contribution in [0.2, 0.25) is 0 Å². The van der Waals surface area contributed by atoms with Crippen LogP contribution in [0.25, 0.3) is 0 Å². The molecule has 1 heterocycles. The SMILES string of the molecule is O=C([O-])COc1ccc(Br)cc1/C=N\Nc1ncccc1[N+](=O)[O-]. The molecule has 0 aliphatic carbocycles. The fraction of sp³-hybridized carbons (Fsp3) is 0.0714. The maximum Gasteiger partial charge on any atom is 0.313 e. The molecule has 0 radical (unpaired) electrons. The molecule has 0 bridgehead atoms. The third-order valence-corrected chi connectivity index (χ3v) is 3.17. The zero-order valence-corrected chi connectivity index (χ0v) is 13.6. The number of hydrogen-bond donors (Lipinski definition) is 1. The molecule has 0 aliphatic rings. The Hall–Kier alpha value is -3.01. The summed E-state index contributed by atoms with van der Waals surface area (Å²) in [5.74, 6) is -1.11. The lowest BCUT2D eigenvalue weighted by Crippen LogP contribution is -2.29. The highest BCUT2D eigenvalue weighted by Crippen LogP contribution is 2.23. The van der Waals surface area contributed by atoms with E-state index >= 15 is 0 Å². The summed E-state index contributed by atoms with van der Waals surface area (Å²) in [4.78, 5) is 24.6. The van der Waals surface area contributed by atoms with Gasteiger partial charge in [-0.3, -0.25) is 15.5 Å². The maximum atomic E-state index is 10.9. The lowest BCUT2D eigenvalue weighted by molar-refractivity contribution is -0.384. The van der Waals surface area contributed by atoms with Gasteiger partial charge in [-0.05, 0) is 24.3 Å². The Balaban J connectivity index is 2.18. The average molecular weight is 394 g/mol. The van der Waals surface area contributed by atoms with Crippen LogP contribution >= 0.6 is 15.9 Å². The van der Waals surface area contributed by atoms with Crippen LogP contribution in [0.3, 0.4) is 0 Å². The Labute approximate surface area is 144 Å². The van der Waals surface area contributed by atoms with E-state index in [0.717, 1.165) is 0 Å². The van der Waals surface area contributed by atoms with E-state index in [1.54, 1.807) is 18.2 Å². The van der Waals surface area contributed by atoms with Gasteiger partial charge in [-0.25, -0.2) is 4.98 Å². The largest absolute Gasteiger partial charge is 0.546 e. The lowest BCUT2D eigenvalue weighted by Gasteiger charge is -2.09. The highest BCUT2D eigenvalue weighted by molar-refractivity contribution is 9.10. The number of hydrogen-bond acceptors (Lipinski definition) is 8. The topological polar surface area (TPSA) is 130 Å². The summed E-state index contributed by atoms with van der Waals surface area (Å²) < 4.78 is 5.81. The molecule has 0 saturated carbocycles. The Morgan fingerprint density at radius 2 is 2.25 bits per heavy atom. The first-order valence-corrected chi connectivity index (χ1v) is 7.27. The van der Waals surface area contributed by atoms with E-state index in [2.05, 4.69) is 31.4 Å². The highest BCUT2D eigenvalue weighted by atomic mass is 79.9. The molecule has 0 spiro atoms. The standard InChI is InChI=1S/C14H11BrN4O5/c15-10-3-4-12(24-8-13(20)21)9(6-10)7-17-18-14-11(19(22)23)2-1-5-16-14/h1-7H,8H2,(H,16,18)(H,20,21)/p-1/b17-7-. The second kappa shape index (κ2) is 8.02. The molecular weight excluding hydrogens is 384 g/mol. The number of nitrogens with zero attached hydrogens (tertiary/aromatic N) is 3. The minimum Gasteiger partial charge on any atom is -0.546 e. The Bertz CT molecular complexity index is 796. The molecule has 0 saturated heterocycles. The van der Waals surface area contributed by atoms with Gasteiger partial charge in [0.15, 0.2) is 0 Å². The first kappa shape index (κ1) is 17.3. The van der Waals surface area contributed by atoms with Crippen molar-refractivity contribution in [3.63, 3.8) is 0 Å². The number of hydrazone groups is 1. The fourth-order valence-corrected chi connectivity index (χ4v) is 2.06. The van der Waals surface area contributed by atoms with Crippen LogP contribution in [0.4, 0.5) is 11.5 Å². The number of rotatable bonds is 7. The zero-order valence-electron chi connectivity index (χ0n) is 12.0. The number of halogens is 1. The molecule has 0 unspecified atom stereocenters. The number of pyridine rings is 1. The summed E-state index contributed by atoms with van der Waals surface area (Å²) in [6.07, 6.45) is 2.71. The number of anilines is 1. The van der Waals surface area contributed by atoms with Gasteiger partial charge >= 0.3 is 5.69 Å². The van der Waals surface area contributed by atoms with Crippen LogP contribution in [0.5, 0.6) is 5.75 Å². The van der Waals surface area contributed by atoms with E-state index in [9.17, 15) is 20.0 Å². The van der Waals surface area contributed by atoms with Crippen molar-refractivity contribution in [3.05, 3.63) is 56.7 Å². The van der Waals surface area contributed by atoms with E-state index in [1.807, 2.05) is 0 Å². The van der Waals surface area contributed by atoms with Crippen molar-refractivity contribution in [2.75, 3.05) is 12.0 Å². The molecule has 0 amide bonds. The van der Waals surface area contributed by atoms with Gasteiger partial charge in [-0.1, -0.05) is 15.9 Å². The van der Waals surface area contributed by atoms with Crippen LogP contribution < -0.4 is 15.3 Å². The maximum absolute atomic E-state index is 10.9. The van der Waals surface area contributed by atoms with Gasteiger partial charge in [0.25, 0.3) is 0 Å². The molecule has 2 aromatic rings. The predicted octanol–water partition coefficient (Wildman–Crippen LogP) is 1.33. The van der Waals surface area contributed by atoms with Crippen molar-refractivity contribution in [2.24, 2.45) is 5.10 Å². The second-order valence-electron chi connectivity index (χ2n) is 4.34. The van der Waals surface area contributed by atoms with Crippen molar-refractivity contribution in [1.82, 2.24) is 4.98 Å². The van der Waals surface area contributed by atoms with Crippen LogP contribution in [0.15, 0.2) is 46.1 Å². The molecule has 1 aromatic carbocycles. The summed E-state index contributed by atoms with van der Waals surface area (Å²) in [5.41, 5.74) is 2.70. The van der Waals surface area contributed by atoms with Gasteiger partial charge in [-0.15, -0.1) is 0 Å². The van der Waals surface area contributed by atoms with Crippen molar-refractivity contribution >= 4 is 39.6 Å². The number of aliphatic carboxylic acids is 1. The van der Waals surface area contributed by atoms with Gasteiger partial charge in [0.1, 0.15) is 12.4 Å². The smallest absolute Gasteiger partial charge is 0.313 e. The monoisotopic (exact) mass is 393 g/mol. The molecule has 0 aliphatic heterocycles. The molecule has 0 fully saturated rings. The Morgan fingerprint density at radius 3 is 2.96 bits per heavy atom. The normalized spacial score (nSPS) is 10.5. The fourth-order valence-electron chi connectivity index (χ4n) is 1.68. The van der Waals surface area contributed by atoms with E-state index in [1.165, 1.54) is 24.5 Å². The number of carbonyl (C=O) groups excluding carboxylic acids is 1. The number of aromatic nitrogens is 1. The van der Waals surface area contributed by atoms with Crippen LogP contribution in [0, 0.1) is 10.1 Å². The number of carboxylic acid groups (broad SMARTS) is 1. The number of carbonyl (C=O) groups is 1. The summed E-state index contributed by atoms with van der Waals surface area (Å²) in [6.45, 7) is -0.610. The second-order valence-corrected chi connectivity index (χ2v) is 5.26. The molecule has 2 rings (SSSR count). The van der Waals surface area contributed by atoms with Crippen LogP contribution in [-0.2, 0) is 4.79 Å². The number of carboxylic acids is 1. The molecule has 124 valence electrons. The lowest BCUT2D eigenvalue weighted by atomic mass is 10.2. The summed E-state index contributed by atoms with van der Waals surface area (Å²) in [6, 6.07) is 7.59.